The van der Waals surface area contributed by atoms with Crippen molar-refractivity contribution in [1.29, 1.82) is 0 Å². The lowest BCUT2D eigenvalue weighted by Crippen LogP contribution is -2.53. The van der Waals surface area contributed by atoms with Gasteiger partial charge in [-0.1, -0.05) is 120 Å². The Kier molecular flexibility index (Phi) is 30.9. The van der Waals surface area contributed by atoms with E-state index in [2.05, 4.69) is 79.9 Å². The van der Waals surface area contributed by atoms with Gasteiger partial charge >= 0.3 is 0 Å². The summed E-state index contributed by atoms with van der Waals surface area (Å²) in [5.74, 6) is -0.617. The van der Waals surface area contributed by atoms with Crippen LogP contribution in [0.4, 0.5) is 0 Å². The maximum absolute atomic E-state index is 12.4. The number of aliphatic hydroxyl groups excluding tert-OH is 4. The molecule has 0 rings (SSSR count). The zero-order valence-electron chi connectivity index (χ0n) is 28.1. The Morgan fingerprint density at radius 3 is 1.64 bits per heavy atom. The fourth-order valence-corrected chi connectivity index (χ4v) is 4.78. The first-order valence-electron chi connectivity index (χ1n) is 17.7. The molecule has 6 nitrogen and oxygen atoms in total. The smallest absolute Gasteiger partial charge is 0.249 e. The lowest BCUT2D eigenvalue weighted by molar-refractivity contribution is -0.132. The highest BCUT2D eigenvalue weighted by Crippen LogP contribution is 2.12. The zero-order chi connectivity index (χ0) is 32.5. The van der Waals surface area contributed by atoms with E-state index in [4.69, 9.17) is 0 Å². The predicted molar refractivity (Wildman–Crippen MR) is 186 cm³/mol. The molecule has 0 aliphatic rings. The number of carbonyl (C=O) groups is 1. The van der Waals surface area contributed by atoms with Crippen LogP contribution in [0, 0.1) is 0 Å². The van der Waals surface area contributed by atoms with Gasteiger partial charge in [0.15, 0.2) is 0 Å². The van der Waals surface area contributed by atoms with Crippen LogP contribution in [0.1, 0.15) is 142 Å². The van der Waals surface area contributed by atoms with Crippen LogP contribution in [-0.4, -0.2) is 57.3 Å². The van der Waals surface area contributed by atoms with Gasteiger partial charge < -0.3 is 25.7 Å². The molecule has 44 heavy (non-hydrogen) atoms. The van der Waals surface area contributed by atoms with Gasteiger partial charge in [0.2, 0.25) is 5.91 Å². The molecule has 0 aliphatic heterocycles. The quantitative estimate of drug-likeness (QED) is 0.0317. The number of carbonyl (C=O) groups excluding carboxylic acids is 1. The van der Waals surface area contributed by atoms with Crippen LogP contribution in [0.2, 0.25) is 0 Å². The molecule has 0 fully saturated rings. The van der Waals surface area contributed by atoms with Gasteiger partial charge in [0.25, 0.3) is 0 Å². The van der Waals surface area contributed by atoms with E-state index in [-0.39, 0.29) is 0 Å². The summed E-state index contributed by atoms with van der Waals surface area (Å²) in [6, 6.07) is -1.02. The van der Waals surface area contributed by atoms with Crippen molar-refractivity contribution < 1.29 is 25.2 Å². The third-order valence-electron chi connectivity index (χ3n) is 7.67. The Morgan fingerprint density at radius 1 is 0.568 bits per heavy atom. The SMILES string of the molecule is CCC/C=C/CC/C=C/CC/C=C/CCCC(O)C(O)C(CO)NC(=O)C(O)CCCCCCC/C=C\C=C/CCCCC. The van der Waals surface area contributed by atoms with Crippen molar-refractivity contribution in [2.75, 3.05) is 6.61 Å². The fraction of sp³-hybridized carbons (Fsp3) is 0.711. The number of hydrogen-bond acceptors (Lipinski definition) is 5. The Morgan fingerprint density at radius 2 is 1.07 bits per heavy atom. The van der Waals surface area contributed by atoms with Gasteiger partial charge in [-0.2, -0.15) is 0 Å². The first kappa shape index (κ1) is 42.0. The Bertz CT molecular complexity index is 788. The van der Waals surface area contributed by atoms with Crippen LogP contribution in [0.15, 0.2) is 60.8 Å². The molecule has 0 radical (unpaired) electrons. The van der Waals surface area contributed by atoms with E-state index in [1.807, 2.05) is 0 Å². The van der Waals surface area contributed by atoms with E-state index in [1.54, 1.807) is 0 Å². The molecule has 0 saturated carbocycles. The molecule has 0 aliphatic carbocycles. The van der Waals surface area contributed by atoms with Gasteiger partial charge in [-0.15, -0.1) is 0 Å². The summed E-state index contributed by atoms with van der Waals surface area (Å²) < 4.78 is 0. The van der Waals surface area contributed by atoms with E-state index in [1.165, 1.54) is 25.7 Å². The first-order chi connectivity index (χ1) is 21.5. The van der Waals surface area contributed by atoms with Gasteiger partial charge in [-0.25, -0.2) is 0 Å². The molecule has 4 atom stereocenters. The highest BCUT2D eigenvalue weighted by atomic mass is 16.3. The molecule has 0 aromatic rings. The van der Waals surface area contributed by atoms with E-state index < -0.39 is 36.9 Å². The molecule has 1 amide bonds. The second-order valence-corrected chi connectivity index (χ2v) is 11.9. The van der Waals surface area contributed by atoms with E-state index in [0.29, 0.717) is 19.3 Å². The fourth-order valence-electron chi connectivity index (χ4n) is 4.78. The number of aliphatic hydroxyl groups is 4. The minimum Gasteiger partial charge on any atom is -0.394 e. The van der Waals surface area contributed by atoms with Crippen molar-refractivity contribution in [2.24, 2.45) is 0 Å². The molecule has 0 heterocycles. The van der Waals surface area contributed by atoms with Crippen LogP contribution in [0.25, 0.3) is 0 Å². The van der Waals surface area contributed by atoms with E-state index >= 15 is 0 Å². The third kappa shape index (κ3) is 26.4. The molecule has 254 valence electrons. The van der Waals surface area contributed by atoms with Crippen LogP contribution >= 0.6 is 0 Å². The highest BCUT2D eigenvalue weighted by Gasteiger charge is 2.28. The summed E-state index contributed by atoms with van der Waals surface area (Å²) in [5, 5.41) is 43.3. The number of allylic oxidation sites excluding steroid dienone is 10. The Balaban J connectivity index is 3.98. The van der Waals surface area contributed by atoms with Gasteiger partial charge in [-0.05, 0) is 83.5 Å². The van der Waals surface area contributed by atoms with Crippen molar-refractivity contribution in [3.05, 3.63) is 60.8 Å². The third-order valence-corrected chi connectivity index (χ3v) is 7.67. The second-order valence-electron chi connectivity index (χ2n) is 11.9. The van der Waals surface area contributed by atoms with Crippen molar-refractivity contribution in [3.8, 4) is 0 Å². The minimum absolute atomic E-state index is 0.337. The maximum Gasteiger partial charge on any atom is 0.249 e. The number of rotatable bonds is 30. The standard InChI is InChI=1S/C38H67NO5/c1-3-5-7-9-11-13-15-17-19-21-23-25-27-29-31-35(41)37(43)34(33-40)39-38(44)36(42)32-30-28-26-24-22-20-18-16-14-12-10-8-6-4-2/h7,9,12,14-18,23,25,34-37,40-43H,3-6,8,10-11,13,19-22,24,26-33H2,1-2H3,(H,39,44)/b9-7+,14-12-,17-15+,18-16-,25-23+. The van der Waals surface area contributed by atoms with Crippen molar-refractivity contribution >= 4 is 5.91 Å². The minimum atomic E-state index is -1.30. The molecule has 0 bridgehead atoms. The summed E-state index contributed by atoms with van der Waals surface area (Å²) in [5.41, 5.74) is 0. The number of hydrogen-bond donors (Lipinski definition) is 5. The summed E-state index contributed by atoms with van der Waals surface area (Å²) >= 11 is 0. The molecule has 0 aromatic heterocycles. The maximum atomic E-state index is 12.4. The van der Waals surface area contributed by atoms with Gasteiger partial charge in [0.1, 0.15) is 12.2 Å². The summed E-state index contributed by atoms with van der Waals surface area (Å²) in [7, 11) is 0. The summed E-state index contributed by atoms with van der Waals surface area (Å²) in [4.78, 5) is 12.4. The van der Waals surface area contributed by atoms with Crippen LogP contribution < -0.4 is 5.32 Å². The van der Waals surface area contributed by atoms with Gasteiger partial charge in [0.05, 0.1) is 18.8 Å². The first-order valence-corrected chi connectivity index (χ1v) is 17.7. The van der Waals surface area contributed by atoms with Crippen molar-refractivity contribution in [1.82, 2.24) is 5.32 Å². The predicted octanol–water partition coefficient (Wildman–Crippen LogP) is 8.17. The van der Waals surface area contributed by atoms with Crippen molar-refractivity contribution in [3.63, 3.8) is 0 Å². The number of nitrogens with one attached hydrogen (secondary N) is 1. The normalized spacial score (nSPS) is 15.3. The Labute approximate surface area is 270 Å². The lowest BCUT2D eigenvalue weighted by Gasteiger charge is -2.27. The lowest BCUT2D eigenvalue weighted by atomic mass is 10.00. The van der Waals surface area contributed by atoms with E-state index in [0.717, 1.165) is 83.5 Å². The average molecular weight is 618 g/mol. The molecule has 6 heteroatoms. The molecular formula is C38H67NO5. The molecule has 5 N–H and O–H groups in total. The summed E-state index contributed by atoms with van der Waals surface area (Å²) in [6.45, 7) is 3.89. The monoisotopic (exact) mass is 618 g/mol. The highest BCUT2D eigenvalue weighted by molar-refractivity contribution is 5.80. The topological polar surface area (TPSA) is 110 Å². The van der Waals surface area contributed by atoms with Gasteiger partial charge in [0, 0.05) is 0 Å². The number of amides is 1. The molecule has 0 saturated heterocycles. The molecule has 0 spiro atoms. The molecule has 4 unspecified atom stereocenters. The van der Waals surface area contributed by atoms with Crippen molar-refractivity contribution in [2.45, 2.75) is 167 Å². The number of unbranched alkanes of at least 4 members (excludes halogenated alkanes) is 12. The summed E-state index contributed by atoms with van der Waals surface area (Å²) in [6.07, 6.45) is 38.0. The van der Waals surface area contributed by atoms with Crippen LogP contribution in [-0.2, 0) is 4.79 Å². The molecule has 0 aromatic carbocycles. The van der Waals surface area contributed by atoms with Gasteiger partial charge in [-0.3, -0.25) is 4.79 Å². The van der Waals surface area contributed by atoms with E-state index in [9.17, 15) is 25.2 Å². The van der Waals surface area contributed by atoms with Crippen LogP contribution in [0.3, 0.4) is 0 Å². The average Bonchev–Trinajstić information content (AvgIpc) is 3.03. The second kappa shape index (κ2) is 32.4. The molecular weight excluding hydrogens is 550 g/mol. The largest absolute Gasteiger partial charge is 0.394 e. The zero-order valence-corrected chi connectivity index (χ0v) is 28.1. The Hall–Kier alpha value is -1.99. The van der Waals surface area contributed by atoms with Crippen LogP contribution in [0.5, 0.6) is 0 Å².